The normalized spacial score (nSPS) is 11.1. The lowest BCUT2D eigenvalue weighted by Crippen LogP contribution is -2.04. The Bertz CT molecular complexity index is 466. The van der Waals surface area contributed by atoms with Gasteiger partial charge in [0.05, 0.1) is 23.1 Å². The Hall–Kier alpha value is -1.23. The highest BCUT2D eigenvalue weighted by Crippen LogP contribution is 2.13. The molecule has 0 amide bonds. The van der Waals surface area contributed by atoms with Gasteiger partial charge in [0.1, 0.15) is 0 Å². The van der Waals surface area contributed by atoms with E-state index in [2.05, 4.69) is 36.2 Å². The van der Waals surface area contributed by atoms with E-state index >= 15 is 0 Å². The number of rotatable bonds is 4. The number of nitrogens with zero attached hydrogens (tertiary/aromatic N) is 4. The Morgan fingerprint density at radius 2 is 1.29 bits per heavy atom. The zero-order valence-corrected chi connectivity index (χ0v) is 11.6. The fraction of sp³-hybridized carbons (Fsp3) is 0.500. The van der Waals surface area contributed by atoms with Crippen molar-refractivity contribution in [1.82, 2.24) is 19.6 Å². The molecule has 0 aliphatic carbocycles. The molecule has 92 valence electrons. The summed E-state index contributed by atoms with van der Waals surface area (Å²) in [4.78, 5) is 0. The Balaban J connectivity index is 1.92. The molecular weight excluding hydrogens is 232 g/mol. The second kappa shape index (κ2) is 4.96. The lowest BCUT2D eigenvalue weighted by molar-refractivity contribution is 0.691. The van der Waals surface area contributed by atoms with Crippen molar-refractivity contribution in [1.29, 1.82) is 0 Å². The molecule has 0 aliphatic rings. The average molecular weight is 250 g/mol. The Labute approximate surface area is 106 Å². The first kappa shape index (κ1) is 12.2. The molecule has 0 fully saturated rings. The molecule has 2 heterocycles. The Morgan fingerprint density at radius 3 is 1.59 bits per heavy atom. The van der Waals surface area contributed by atoms with E-state index in [1.54, 1.807) is 0 Å². The molecule has 0 bridgehead atoms. The van der Waals surface area contributed by atoms with Gasteiger partial charge in [0, 0.05) is 11.4 Å². The summed E-state index contributed by atoms with van der Waals surface area (Å²) in [7, 11) is 0. The second-order valence-electron chi connectivity index (χ2n) is 4.32. The van der Waals surface area contributed by atoms with E-state index < -0.39 is 0 Å². The molecule has 17 heavy (non-hydrogen) atoms. The zero-order chi connectivity index (χ0) is 12.4. The van der Waals surface area contributed by atoms with Crippen molar-refractivity contribution in [2.24, 2.45) is 0 Å². The summed E-state index contributed by atoms with van der Waals surface area (Å²) in [5.41, 5.74) is 4.58. The van der Waals surface area contributed by atoms with Crippen LogP contribution in [0.1, 0.15) is 22.8 Å². The predicted octanol–water partition coefficient (Wildman–Crippen LogP) is 2.66. The molecule has 0 spiro atoms. The van der Waals surface area contributed by atoms with Crippen LogP contribution in [0, 0.1) is 27.7 Å². The maximum Gasteiger partial charge on any atom is 0.0884 e. The lowest BCUT2D eigenvalue weighted by atomic mass is 10.4. The molecule has 0 saturated heterocycles. The average Bonchev–Trinajstić information content (AvgIpc) is 2.71. The molecule has 4 nitrogen and oxygen atoms in total. The maximum absolute atomic E-state index is 4.44. The van der Waals surface area contributed by atoms with E-state index in [0.29, 0.717) is 0 Å². The minimum Gasteiger partial charge on any atom is -0.260 e. The second-order valence-corrected chi connectivity index (χ2v) is 5.24. The van der Waals surface area contributed by atoms with Crippen LogP contribution in [0.2, 0.25) is 0 Å². The van der Waals surface area contributed by atoms with Gasteiger partial charge in [-0.2, -0.15) is 10.2 Å². The van der Waals surface area contributed by atoms with Crippen molar-refractivity contribution in [3.8, 4) is 0 Å². The van der Waals surface area contributed by atoms with Crippen LogP contribution in [-0.2, 0) is 11.8 Å². The maximum atomic E-state index is 4.44. The standard InChI is InChI=1S/C12H18N4S/c1-9-5-11(3)15(13-9)7-17-8-16-12(4)6-10(2)14-16/h5-6H,7-8H2,1-4H3. The van der Waals surface area contributed by atoms with E-state index in [-0.39, 0.29) is 0 Å². The van der Waals surface area contributed by atoms with E-state index in [0.717, 1.165) is 23.1 Å². The van der Waals surface area contributed by atoms with Crippen molar-refractivity contribution in [2.45, 2.75) is 39.4 Å². The fourth-order valence-electron chi connectivity index (χ4n) is 1.83. The van der Waals surface area contributed by atoms with E-state index in [9.17, 15) is 0 Å². The summed E-state index contributed by atoms with van der Waals surface area (Å²) in [6, 6.07) is 4.20. The van der Waals surface area contributed by atoms with Gasteiger partial charge in [-0.25, -0.2) is 0 Å². The highest BCUT2D eigenvalue weighted by molar-refractivity contribution is 7.97. The van der Waals surface area contributed by atoms with Crippen molar-refractivity contribution < 1.29 is 0 Å². The first-order valence-corrected chi connectivity index (χ1v) is 6.81. The smallest absolute Gasteiger partial charge is 0.0884 e. The van der Waals surface area contributed by atoms with Crippen LogP contribution in [0.3, 0.4) is 0 Å². The minimum absolute atomic E-state index is 0.873. The van der Waals surface area contributed by atoms with Crippen LogP contribution in [0.5, 0.6) is 0 Å². The number of aromatic nitrogens is 4. The van der Waals surface area contributed by atoms with Gasteiger partial charge in [0.2, 0.25) is 0 Å². The summed E-state index contributed by atoms with van der Waals surface area (Å²) >= 11 is 1.82. The summed E-state index contributed by atoms with van der Waals surface area (Å²) in [5.74, 6) is 1.75. The highest BCUT2D eigenvalue weighted by atomic mass is 32.2. The fourth-order valence-corrected chi connectivity index (χ4v) is 2.78. The van der Waals surface area contributed by atoms with Gasteiger partial charge in [-0.15, -0.1) is 11.8 Å². The van der Waals surface area contributed by atoms with E-state index in [1.165, 1.54) is 11.4 Å². The molecule has 0 radical (unpaired) electrons. The van der Waals surface area contributed by atoms with Gasteiger partial charge in [0.25, 0.3) is 0 Å². The Morgan fingerprint density at radius 1 is 0.882 bits per heavy atom. The molecule has 2 aromatic rings. The molecule has 0 unspecified atom stereocenters. The third kappa shape index (κ3) is 2.91. The van der Waals surface area contributed by atoms with Gasteiger partial charge in [-0.3, -0.25) is 9.36 Å². The molecule has 0 aromatic carbocycles. The van der Waals surface area contributed by atoms with Gasteiger partial charge >= 0.3 is 0 Å². The molecule has 0 aliphatic heterocycles. The number of aryl methyl sites for hydroxylation is 4. The topological polar surface area (TPSA) is 35.6 Å². The number of thioether (sulfide) groups is 1. The Kier molecular flexibility index (Phi) is 3.57. The molecule has 5 heteroatoms. The van der Waals surface area contributed by atoms with Gasteiger partial charge in [-0.05, 0) is 39.8 Å². The molecule has 0 saturated carbocycles. The summed E-state index contributed by atoms with van der Waals surface area (Å²) in [5, 5.41) is 8.87. The van der Waals surface area contributed by atoms with Crippen LogP contribution in [0.25, 0.3) is 0 Å². The summed E-state index contributed by atoms with van der Waals surface area (Å²) < 4.78 is 4.07. The molecule has 2 rings (SSSR count). The predicted molar refractivity (Wildman–Crippen MR) is 71.0 cm³/mol. The summed E-state index contributed by atoms with van der Waals surface area (Å²) in [6.45, 7) is 8.22. The highest BCUT2D eigenvalue weighted by Gasteiger charge is 2.03. The number of hydrogen-bond acceptors (Lipinski definition) is 3. The molecule has 2 aromatic heterocycles. The van der Waals surface area contributed by atoms with Crippen LogP contribution >= 0.6 is 11.8 Å². The molecule has 0 atom stereocenters. The van der Waals surface area contributed by atoms with Gasteiger partial charge < -0.3 is 0 Å². The van der Waals surface area contributed by atoms with Crippen LogP contribution in [-0.4, -0.2) is 19.6 Å². The van der Waals surface area contributed by atoms with Crippen molar-refractivity contribution in [2.75, 3.05) is 0 Å². The van der Waals surface area contributed by atoms with Gasteiger partial charge in [0.15, 0.2) is 0 Å². The van der Waals surface area contributed by atoms with Crippen LogP contribution in [0.4, 0.5) is 0 Å². The van der Waals surface area contributed by atoms with Crippen LogP contribution in [0.15, 0.2) is 12.1 Å². The third-order valence-electron chi connectivity index (χ3n) is 2.63. The molecular formula is C12H18N4S. The first-order chi connectivity index (χ1) is 8.06. The SMILES string of the molecule is Cc1cc(C)n(CSCn2nc(C)cc2C)n1. The van der Waals surface area contributed by atoms with Crippen LogP contribution < -0.4 is 0 Å². The van der Waals surface area contributed by atoms with E-state index in [4.69, 9.17) is 0 Å². The lowest BCUT2D eigenvalue weighted by Gasteiger charge is -2.06. The quantitative estimate of drug-likeness (QED) is 0.837. The van der Waals surface area contributed by atoms with Crippen molar-refractivity contribution >= 4 is 11.8 Å². The van der Waals surface area contributed by atoms with Gasteiger partial charge in [-0.1, -0.05) is 0 Å². The summed E-state index contributed by atoms with van der Waals surface area (Å²) in [6.07, 6.45) is 0. The van der Waals surface area contributed by atoms with E-state index in [1.807, 2.05) is 35.0 Å². The van der Waals surface area contributed by atoms with Crippen molar-refractivity contribution in [3.05, 3.63) is 34.9 Å². The third-order valence-corrected chi connectivity index (χ3v) is 3.49. The zero-order valence-electron chi connectivity index (χ0n) is 10.8. The minimum atomic E-state index is 0.873. The largest absolute Gasteiger partial charge is 0.260 e. The monoisotopic (exact) mass is 250 g/mol. The molecule has 0 N–H and O–H groups in total. The number of hydrogen-bond donors (Lipinski definition) is 0. The van der Waals surface area contributed by atoms with Crippen molar-refractivity contribution in [3.63, 3.8) is 0 Å². The first-order valence-electron chi connectivity index (χ1n) is 5.66.